The van der Waals surface area contributed by atoms with Crippen molar-refractivity contribution in [1.82, 2.24) is 9.80 Å². The molecule has 7 nitrogen and oxygen atoms in total. The van der Waals surface area contributed by atoms with E-state index in [4.69, 9.17) is 4.74 Å². The number of hydrogen-bond acceptors (Lipinski definition) is 5. The highest BCUT2D eigenvalue weighted by Crippen LogP contribution is 2.19. The minimum absolute atomic E-state index is 0.0477. The number of nitrogens with one attached hydrogen (secondary N) is 2. The van der Waals surface area contributed by atoms with Crippen molar-refractivity contribution < 1.29 is 14.3 Å². The van der Waals surface area contributed by atoms with E-state index in [1.165, 1.54) is 24.0 Å². The van der Waals surface area contributed by atoms with Gasteiger partial charge in [-0.1, -0.05) is 38.1 Å². The van der Waals surface area contributed by atoms with Gasteiger partial charge in [0.1, 0.15) is 0 Å². The summed E-state index contributed by atoms with van der Waals surface area (Å²) in [6.07, 6.45) is 3.99. The van der Waals surface area contributed by atoms with Crippen LogP contribution in [0, 0.1) is 5.92 Å². The number of carbonyl (C=O) groups excluding carboxylic acids is 2. The fraction of sp³-hybridized carbons (Fsp3) is 0.517. The molecule has 2 aliphatic heterocycles. The Kier molecular flexibility index (Phi) is 9.50. The molecule has 2 N–H and O–H groups in total. The highest BCUT2D eigenvalue weighted by Gasteiger charge is 2.28. The topological polar surface area (TPSA) is 73.9 Å². The molecule has 2 saturated heterocycles. The number of ether oxygens (including phenoxy) is 1. The summed E-state index contributed by atoms with van der Waals surface area (Å²) in [7, 11) is 0. The summed E-state index contributed by atoms with van der Waals surface area (Å²) in [5.74, 6) is 0.544. The lowest BCUT2D eigenvalue weighted by Crippen LogP contribution is -2.49. The molecule has 2 heterocycles. The van der Waals surface area contributed by atoms with E-state index in [-0.39, 0.29) is 17.9 Å². The highest BCUT2D eigenvalue weighted by molar-refractivity contribution is 5.95. The molecule has 2 amide bonds. The van der Waals surface area contributed by atoms with Crippen molar-refractivity contribution >= 4 is 23.2 Å². The van der Waals surface area contributed by atoms with E-state index in [1.807, 2.05) is 24.3 Å². The van der Waals surface area contributed by atoms with E-state index in [0.29, 0.717) is 25.7 Å². The van der Waals surface area contributed by atoms with Gasteiger partial charge in [0, 0.05) is 24.5 Å². The van der Waals surface area contributed by atoms with Crippen molar-refractivity contribution in [3.8, 4) is 0 Å². The Bertz CT molecular complexity index is 979. The zero-order chi connectivity index (χ0) is 25.3. The molecular formula is C29H40N4O3. The lowest BCUT2D eigenvalue weighted by Gasteiger charge is -2.34. The molecule has 0 unspecified atom stereocenters. The van der Waals surface area contributed by atoms with Gasteiger partial charge in [0.15, 0.2) is 0 Å². The molecule has 0 bridgehead atoms. The Hall–Kier alpha value is -2.74. The third kappa shape index (κ3) is 7.88. The number of benzene rings is 2. The van der Waals surface area contributed by atoms with Crippen molar-refractivity contribution in [2.45, 2.75) is 45.6 Å². The molecular weight excluding hydrogens is 452 g/mol. The summed E-state index contributed by atoms with van der Waals surface area (Å²) in [6.45, 7) is 9.77. The van der Waals surface area contributed by atoms with Gasteiger partial charge in [0.25, 0.3) is 0 Å². The van der Waals surface area contributed by atoms with Gasteiger partial charge in [-0.15, -0.1) is 0 Å². The van der Waals surface area contributed by atoms with Gasteiger partial charge >= 0.3 is 0 Å². The third-order valence-corrected chi connectivity index (χ3v) is 6.92. The van der Waals surface area contributed by atoms with Gasteiger partial charge in [-0.3, -0.25) is 19.4 Å². The minimum atomic E-state index is -0.136. The second-order valence-electron chi connectivity index (χ2n) is 10.4. The molecule has 2 aromatic rings. The maximum absolute atomic E-state index is 13.1. The number of rotatable bonds is 10. The van der Waals surface area contributed by atoms with Crippen LogP contribution in [0.3, 0.4) is 0 Å². The molecule has 0 saturated carbocycles. The number of anilines is 2. The quantitative estimate of drug-likeness (QED) is 0.525. The smallest absolute Gasteiger partial charge is 0.241 e. The monoisotopic (exact) mass is 492 g/mol. The lowest BCUT2D eigenvalue weighted by atomic mass is 10.0. The standard InChI is InChI=1S/C29H40N4O3/c1-22(2)19-27(33-15-17-36-18-16-33)29(35)31-26-11-7-24(8-12-26)20-23-5-9-25(10-6-23)30-28(34)21-32-13-3-4-14-32/h5-12,22,27H,3-4,13-21H2,1-2H3,(H,30,34)(H,31,35)/t27-/m1/s1. The van der Waals surface area contributed by atoms with Crippen LogP contribution < -0.4 is 10.6 Å². The Morgan fingerprint density at radius 1 is 0.833 bits per heavy atom. The van der Waals surface area contributed by atoms with Crippen LogP contribution in [0.25, 0.3) is 0 Å². The summed E-state index contributed by atoms with van der Waals surface area (Å²) in [5.41, 5.74) is 4.00. The van der Waals surface area contributed by atoms with Crippen LogP contribution >= 0.6 is 0 Å². The van der Waals surface area contributed by atoms with E-state index in [9.17, 15) is 9.59 Å². The van der Waals surface area contributed by atoms with Crippen molar-refractivity contribution in [3.05, 3.63) is 59.7 Å². The molecule has 0 spiro atoms. The van der Waals surface area contributed by atoms with Crippen molar-refractivity contribution in [2.75, 3.05) is 56.6 Å². The molecule has 0 aliphatic carbocycles. The van der Waals surface area contributed by atoms with Crippen LogP contribution in [0.2, 0.25) is 0 Å². The van der Waals surface area contributed by atoms with Gasteiger partial charge in [-0.2, -0.15) is 0 Å². The molecule has 0 radical (unpaired) electrons. The molecule has 36 heavy (non-hydrogen) atoms. The van der Waals surface area contributed by atoms with E-state index in [2.05, 4.69) is 58.5 Å². The normalized spacial score (nSPS) is 17.8. The highest BCUT2D eigenvalue weighted by atomic mass is 16.5. The first-order valence-corrected chi connectivity index (χ1v) is 13.3. The zero-order valence-electron chi connectivity index (χ0n) is 21.7. The molecule has 1 atom stereocenters. The Morgan fingerprint density at radius 3 is 1.94 bits per heavy atom. The van der Waals surface area contributed by atoms with Gasteiger partial charge < -0.3 is 15.4 Å². The number of likely N-dealkylation sites (tertiary alicyclic amines) is 1. The summed E-state index contributed by atoms with van der Waals surface area (Å²) in [4.78, 5) is 29.8. The minimum Gasteiger partial charge on any atom is -0.379 e. The largest absolute Gasteiger partial charge is 0.379 e. The van der Waals surface area contributed by atoms with E-state index in [0.717, 1.165) is 50.4 Å². The Balaban J connectivity index is 1.28. The summed E-state index contributed by atoms with van der Waals surface area (Å²) in [6, 6.07) is 16.0. The number of hydrogen-bond donors (Lipinski definition) is 2. The van der Waals surface area contributed by atoms with E-state index >= 15 is 0 Å². The Morgan fingerprint density at radius 2 is 1.39 bits per heavy atom. The number of morpholine rings is 1. The maximum Gasteiger partial charge on any atom is 0.241 e. The predicted octanol–water partition coefficient (Wildman–Crippen LogP) is 4.00. The second kappa shape index (κ2) is 13.0. The number of nitrogens with zero attached hydrogens (tertiary/aromatic N) is 2. The van der Waals surface area contributed by atoms with Crippen LogP contribution in [0.4, 0.5) is 11.4 Å². The first-order chi connectivity index (χ1) is 17.5. The zero-order valence-corrected chi connectivity index (χ0v) is 21.7. The van der Waals surface area contributed by atoms with Crippen LogP contribution in [-0.2, 0) is 20.7 Å². The molecule has 4 rings (SSSR count). The lowest BCUT2D eigenvalue weighted by molar-refractivity contribution is -0.123. The number of carbonyl (C=O) groups is 2. The van der Waals surface area contributed by atoms with Crippen LogP contribution in [0.5, 0.6) is 0 Å². The molecule has 194 valence electrons. The van der Waals surface area contributed by atoms with Crippen molar-refractivity contribution in [1.29, 1.82) is 0 Å². The van der Waals surface area contributed by atoms with Gasteiger partial charge in [-0.25, -0.2) is 0 Å². The summed E-state index contributed by atoms with van der Waals surface area (Å²) in [5, 5.41) is 6.12. The molecule has 7 heteroatoms. The molecule has 0 aromatic heterocycles. The fourth-order valence-electron chi connectivity index (χ4n) is 4.98. The molecule has 2 aliphatic rings. The van der Waals surface area contributed by atoms with E-state index < -0.39 is 0 Å². The summed E-state index contributed by atoms with van der Waals surface area (Å²) < 4.78 is 5.47. The summed E-state index contributed by atoms with van der Waals surface area (Å²) >= 11 is 0. The predicted molar refractivity (Wildman–Crippen MR) is 144 cm³/mol. The van der Waals surface area contributed by atoms with Crippen LogP contribution in [0.1, 0.15) is 44.2 Å². The second-order valence-corrected chi connectivity index (χ2v) is 10.4. The van der Waals surface area contributed by atoms with Crippen molar-refractivity contribution in [3.63, 3.8) is 0 Å². The molecule has 2 fully saturated rings. The van der Waals surface area contributed by atoms with Crippen molar-refractivity contribution in [2.24, 2.45) is 5.92 Å². The Labute approximate surface area is 215 Å². The fourth-order valence-corrected chi connectivity index (χ4v) is 4.98. The van der Waals surface area contributed by atoms with E-state index in [1.54, 1.807) is 0 Å². The average Bonchev–Trinajstić information content (AvgIpc) is 3.38. The molecule has 2 aromatic carbocycles. The van der Waals surface area contributed by atoms with Gasteiger partial charge in [0.2, 0.25) is 11.8 Å². The average molecular weight is 493 g/mol. The first-order valence-electron chi connectivity index (χ1n) is 13.3. The number of amides is 2. The van der Waals surface area contributed by atoms with Gasteiger partial charge in [0.05, 0.1) is 25.8 Å². The maximum atomic E-state index is 13.1. The first kappa shape index (κ1) is 26.3. The SMILES string of the molecule is CC(C)C[C@H](C(=O)Nc1ccc(Cc2ccc(NC(=O)CN3CCCC3)cc2)cc1)N1CCOCC1. The van der Waals surface area contributed by atoms with Crippen LogP contribution in [-0.4, -0.2) is 73.6 Å². The third-order valence-electron chi connectivity index (χ3n) is 6.92. The van der Waals surface area contributed by atoms with Gasteiger partial charge in [-0.05, 0) is 80.1 Å². The van der Waals surface area contributed by atoms with Crippen LogP contribution in [0.15, 0.2) is 48.5 Å².